The third-order valence-electron chi connectivity index (χ3n) is 6.09. The minimum absolute atomic E-state index is 0.191. The molecule has 1 aromatic heterocycles. The van der Waals surface area contributed by atoms with Crippen molar-refractivity contribution >= 4 is 5.91 Å². The number of H-pyrrole nitrogens is 1. The first-order valence-corrected chi connectivity index (χ1v) is 12.0. The summed E-state index contributed by atoms with van der Waals surface area (Å²) in [4.78, 5) is 32.2. The number of carbonyl (C=O) groups excluding carboxylic acids is 1. The highest BCUT2D eigenvalue weighted by molar-refractivity contribution is 5.72. The van der Waals surface area contributed by atoms with Crippen LogP contribution in [0.5, 0.6) is 5.75 Å². The predicted molar refractivity (Wildman–Crippen MR) is 137 cm³/mol. The predicted octanol–water partition coefficient (Wildman–Crippen LogP) is 2.17. The molecule has 8 nitrogen and oxygen atoms in total. The summed E-state index contributed by atoms with van der Waals surface area (Å²) >= 11 is 0. The van der Waals surface area contributed by atoms with Crippen molar-refractivity contribution in [3.63, 3.8) is 0 Å². The van der Waals surface area contributed by atoms with Crippen LogP contribution in [-0.2, 0) is 22.5 Å². The minimum atomic E-state index is -0.604. The molecule has 36 heavy (non-hydrogen) atoms. The number of hydrogen-bond donors (Lipinski definition) is 3. The van der Waals surface area contributed by atoms with E-state index in [4.69, 9.17) is 4.74 Å². The molecule has 0 radical (unpaired) electrons. The Labute approximate surface area is 210 Å². The monoisotopic (exact) mass is 486 g/mol. The van der Waals surface area contributed by atoms with Gasteiger partial charge in [0.1, 0.15) is 0 Å². The third kappa shape index (κ3) is 7.04. The van der Waals surface area contributed by atoms with Gasteiger partial charge >= 0.3 is 0 Å². The molecule has 1 aliphatic rings. The van der Waals surface area contributed by atoms with E-state index in [1.807, 2.05) is 36.4 Å². The highest BCUT2D eigenvalue weighted by Crippen LogP contribution is 2.23. The number of morpholine rings is 1. The van der Waals surface area contributed by atoms with Gasteiger partial charge < -0.3 is 20.1 Å². The van der Waals surface area contributed by atoms with E-state index in [-0.39, 0.29) is 24.1 Å². The van der Waals surface area contributed by atoms with Gasteiger partial charge in [0.05, 0.1) is 25.2 Å². The fraction of sp³-hybridized carbons (Fsp3) is 0.321. The molecule has 2 heterocycles. The standard InChI is InChI=1S/C28H30N4O4/c1-20(33)29-17-25(26-27(34)28(35)31-19-30-26)16-23-8-4-21(5-9-23)2-3-22-6-10-24(11-7-22)18-32-12-14-36-15-13-32/h4-11,19,25,34H,12-18H2,1H3,(H,29,33)(H,30,31,35). The van der Waals surface area contributed by atoms with Gasteiger partial charge in [-0.05, 0) is 41.8 Å². The van der Waals surface area contributed by atoms with Gasteiger partial charge in [0.25, 0.3) is 5.56 Å². The number of nitrogens with zero attached hydrogens (tertiary/aromatic N) is 2. The lowest BCUT2D eigenvalue weighted by atomic mass is 9.94. The number of amides is 1. The van der Waals surface area contributed by atoms with E-state index in [9.17, 15) is 14.7 Å². The highest BCUT2D eigenvalue weighted by atomic mass is 16.5. The largest absolute Gasteiger partial charge is 0.502 e. The van der Waals surface area contributed by atoms with Crippen LogP contribution in [0.15, 0.2) is 59.7 Å². The zero-order chi connectivity index (χ0) is 25.3. The average Bonchev–Trinajstić information content (AvgIpc) is 2.89. The number of ether oxygens (including phenoxy) is 1. The fourth-order valence-corrected chi connectivity index (χ4v) is 4.10. The van der Waals surface area contributed by atoms with Crippen LogP contribution in [-0.4, -0.2) is 58.7 Å². The van der Waals surface area contributed by atoms with Gasteiger partial charge in [0, 0.05) is 50.1 Å². The van der Waals surface area contributed by atoms with Crippen molar-refractivity contribution in [2.45, 2.75) is 25.8 Å². The Hall–Kier alpha value is -3.93. The first-order chi connectivity index (χ1) is 17.5. The van der Waals surface area contributed by atoms with E-state index in [0.29, 0.717) is 6.42 Å². The van der Waals surface area contributed by atoms with Crippen LogP contribution < -0.4 is 10.9 Å². The molecular formula is C28H30N4O4. The number of rotatable bonds is 7. The lowest BCUT2D eigenvalue weighted by molar-refractivity contribution is -0.119. The molecule has 0 spiro atoms. The van der Waals surface area contributed by atoms with Gasteiger partial charge in [-0.15, -0.1) is 0 Å². The van der Waals surface area contributed by atoms with Crippen LogP contribution in [0.4, 0.5) is 0 Å². The SMILES string of the molecule is CC(=O)NCC(Cc1ccc(C#Cc2ccc(CN3CCOCC3)cc2)cc1)c1nc[nH]c(=O)c1O. The molecule has 1 atom stereocenters. The molecular weight excluding hydrogens is 456 g/mol. The Bertz CT molecular complexity index is 1280. The summed E-state index contributed by atoms with van der Waals surface area (Å²) in [5, 5.41) is 12.9. The number of aromatic hydroxyl groups is 1. The summed E-state index contributed by atoms with van der Waals surface area (Å²) in [7, 11) is 0. The molecule has 3 aromatic rings. The van der Waals surface area contributed by atoms with Crippen molar-refractivity contribution in [3.8, 4) is 17.6 Å². The van der Waals surface area contributed by atoms with Crippen LogP contribution in [0.2, 0.25) is 0 Å². The molecule has 4 rings (SSSR count). The lowest BCUT2D eigenvalue weighted by Gasteiger charge is -2.26. The van der Waals surface area contributed by atoms with E-state index >= 15 is 0 Å². The third-order valence-corrected chi connectivity index (χ3v) is 6.09. The summed E-state index contributed by atoms with van der Waals surface area (Å²) < 4.78 is 5.40. The van der Waals surface area contributed by atoms with Crippen molar-refractivity contribution in [1.82, 2.24) is 20.2 Å². The summed E-state index contributed by atoms with van der Waals surface area (Å²) in [6, 6.07) is 16.1. The molecule has 0 bridgehead atoms. The molecule has 1 unspecified atom stereocenters. The van der Waals surface area contributed by atoms with Crippen LogP contribution in [0.3, 0.4) is 0 Å². The minimum Gasteiger partial charge on any atom is -0.502 e. The quantitative estimate of drug-likeness (QED) is 0.442. The second-order valence-electron chi connectivity index (χ2n) is 8.84. The zero-order valence-electron chi connectivity index (χ0n) is 20.3. The van der Waals surface area contributed by atoms with Crippen molar-refractivity contribution in [3.05, 3.63) is 93.2 Å². The molecule has 1 saturated heterocycles. The van der Waals surface area contributed by atoms with Crippen molar-refractivity contribution in [2.75, 3.05) is 32.8 Å². The van der Waals surface area contributed by atoms with Gasteiger partial charge in [-0.2, -0.15) is 0 Å². The molecule has 2 aromatic carbocycles. The summed E-state index contributed by atoms with van der Waals surface area (Å²) in [5.74, 6) is 5.44. The van der Waals surface area contributed by atoms with Gasteiger partial charge in [-0.1, -0.05) is 36.1 Å². The summed E-state index contributed by atoms with van der Waals surface area (Å²) in [6.45, 7) is 6.12. The van der Waals surface area contributed by atoms with Gasteiger partial charge in [0.2, 0.25) is 11.7 Å². The van der Waals surface area contributed by atoms with Crippen LogP contribution >= 0.6 is 0 Å². The van der Waals surface area contributed by atoms with Crippen molar-refractivity contribution in [2.24, 2.45) is 0 Å². The summed E-state index contributed by atoms with van der Waals surface area (Å²) in [6.07, 6.45) is 1.74. The Balaban J connectivity index is 1.40. The van der Waals surface area contributed by atoms with E-state index in [0.717, 1.165) is 49.5 Å². The van der Waals surface area contributed by atoms with Crippen LogP contribution in [0.25, 0.3) is 0 Å². The average molecular weight is 487 g/mol. The number of aromatic amines is 1. The second kappa shape index (κ2) is 12.2. The van der Waals surface area contributed by atoms with Gasteiger partial charge in [0.15, 0.2) is 0 Å². The summed E-state index contributed by atoms with van der Waals surface area (Å²) in [5.41, 5.74) is 3.73. The molecule has 1 fully saturated rings. The maximum absolute atomic E-state index is 11.8. The molecule has 3 N–H and O–H groups in total. The normalized spacial score (nSPS) is 14.5. The first kappa shape index (κ1) is 25.2. The van der Waals surface area contributed by atoms with Crippen molar-refractivity contribution < 1.29 is 14.6 Å². The second-order valence-corrected chi connectivity index (χ2v) is 8.84. The molecule has 8 heteroatoms. The number of hydrogen-bond acceptors (Lipinski definition) is 6. The van der Waals surface area contributed by atoms with Crippen LogP contribution in [0.1, 0.15) is 40.8 Å². The van der Waals surface area contributed by atoms with E-state index in [1.165, 1.54) is 18.8 Å². The molecule has 0 aliphatic carbocycles. The Kier molecular flexibility index (Phi) is 8.50. The fourth-order valence-electron chi connectivity index (χ4n) is 4.10. The Morgan fingerprint density at radius 3 is 2.31 bits per heavy atom. The lowest BCUT2D eigenvalue weighted by Crippen LogP contribution is -2.35. The molecule has 1 aliphatic heterocycles. The first-order valence-electron chi connectivity index (χ1n) is 12.0. The van der Waals surface area contributed by atoms with E-state index in [1.54, 1.807) is 0 Å². The number of carbonyl (C=O) groups is 1. The zero-order valence-corrected chi connectivity index (χ0v) is 20.3. The van der Waals surface area contributed by atoms with Crippen molar-refractivity contribution in [1.29, 1.82) is 0 Å². The van der Waals surface area contributed by atoms with E-state index in [2.05, 4.69) is 44.2 Å². The highest BCUT2D eigenvalue weighted by Gasteiger charge is 2.20. The van der Waals surface area contributed by atoms with Gasteiger partial charge in [-0.25, -0.2) is 4.98 Å². The van der Waals surface area contributed by atoms with E-state index < -0.39 is 11.3 Å². The number of nitrogens with one attached hydrogen (secondary N) is 2. The molecule has 1 amide bonds. The maximum atomic E-state index is 11.8. The Morgan fingerprint density at radius 1 is 1.08 bits per heavy atom. The molecule has 0 saturated carbocycles. The molecule has 186 valence electrons. The maximum Gasteiger partial charge on any atom is 0.293 e. The topological polar surface area (TPSA) is 108 Å². The van der Waals surface area contributed by atoms with Crippen LogP contribution in [0, 0.1) is 11.8 Å². The smallest absolute Gasteiger partial charge is 0.293 e. The Morgan fingerprint density at radius 2 is 1.69 bits per heavy atom. The number of aromatic nitrogens is 2. The van der Waals surface area contributed by atoms with Gasteiger partial charge in [-0.3, -0.25) is 14.5 Å². The number of benzene rings is 2.